The zero-order chi connectivity index (χ0) is 21.8. The molecule has 1 atom stereocenters. The number of alkyl halides is 3. The van der Waals surface area contributed by atoms with E-state index in [4.69, 9.17) is 9.47 Å². The fourth-order valence-electron chi connectivity index (χ4n) is 4.19. The number of hydrogen-bond acceptors (Lipinski definition) is 4. The van der Waals surface area contributed by atoms with E-state index in [1.807, 2.05) is 23.1 Å². The summed E-state index contributed by atoms with van der Waals surface area (Å²) in [7, 11) is 0. The molecule has 0 aromatic heterocycles. The van der Waals surface area contributed by atoms with Gasteiger partial charge in [-0.2, -0.15) is 13.2 Å². The Morgan fingerprint density at radius 2 is 1.81 bits per heavy atom. The number of amides is 1. The van der Waals surface area contributed by atoms with Gasteiger partial charge in [-0.1, -0.05) is 36.4 Å². The topological polar surface area (TPSA) is 42.0 Å². The zero-order valence-electron chi connectivity index (χ0n) is 17.1. The second kappa shape index (κ2) is 9.18. The molecule has 2 aromatic carbocycles. The molecule has 0 aliphatic carbocycles. The fourth-order valence-corrected chi connectivity index (χ4v) is 4.19. The lowest BCUT2D eigenvalue weighted by molar-refractivity contribution is -0.163. The predicted molar refractivity (Wildman–Crippen MR) is 109 cm³/mol. The lowest BCUT2D eigenvalue weighted by Gasteiger charge is -2.30. The molecule has 0 N–H and O–H groups in total. The molecule has 31 heavy (non-hydrogen) atoms. The first kappa shape index (κ1) is 21.5. The first-order valence-corrected chi connectivity index (χ1v) is 10.4. The molecule has 2 heterocycles. The number of carbonyl (C=O) groups excluding carboxylic acids is 1. The molecule has 0 unspecified atom stereocenters. The number of fused-ring (bicyclic) bond motifs is 1. The van der Waals surface area contributed by atoms with Gasteiger partial charge in [-0.05, 0) is 42.6 Å². The van der Waals surface area contributed by atoms with Gasteiger partial charge in [0.1, 0.15) is 19.8 Å². The molecule has 2 aromatic rings. The van der Waals surface area contributed by atoms with Gasteiger partial charge >= 0.3 is 6.18 Å². The van der Waals surface area contributed by atoms with Crippen molar-refractivity contribution >= 4 is 5.91 Å². The smallest absolute Gasteiger partial charge is 0.406 e. The van der Waals surface area contributed by atoms with E-state index in [-0.39, 0.29) is 19.1 Å². The van der Waals surface area contributed by atoms with Crippen molar-refractivity contribution in [2.75, 3.05) is 32.8 Å². The first-order valence-electron chi connectivity index (χ1n) is 10.4. The summed E-state index contributed by atoms with van der Waals surface area (Å²) in [5.74, 6) is 0.838. The van der Waals surface area contributed by atoms with Crippen molar-refractivity contribution in [1.29, 1.82) is 0 Å². The maximum absolute atomic E-state index is 13.2. The summed E-state index contributed by atoms with van der Waals surface area (Å²) in [5, 5.41) is 0. The van der Waals surface area contributed by atoms with Crippen molar-refractivity contribution in [2.24, 2.45) is 0 Å². The summed E-state index contributed by atoms with van der Waals surface area (Å²) in [4.78, 5) is 15.8. The van der Waals surface area contributed by atoms with Crippen molar-refractivity contribution < 1.29 is 27.4 Å². The largest absolute Gasteiger partial charge is 0.486 e. The molecule has 1 saturated heterocycles. The normalized spacial score (nSPS) is 18.7. The Kier molecular flexibility index (Phi) is 6.36. The van der Waals surface area contributed by atoms with Gasteiger partial charge in [0.25, 0.3) is 0 Å². The molecule has 166 valence electrons. The van der Waals surface area contributed by atoms with E-state index in [2.05, 4.69) is 0 Å². The first-order chi connectivity index (χ1) is 14.9. The Morgan fingerprint density at radius 1 is 1.06 bits per heavy atom. The molecular formula is C23H25F3N2O3. The number of likely N-dealkylation sites (tertiary alicyclic amines) is 1. The van der Waals surface area contributed by atoms with E-state index in [1.165, 1.54) is 0 Å². The highest BCUT2D eigenvalue weighted by Crippen LogP contribution is 2.38. The van der Waals surface area contributed by atoms with Gasteiger partial charge in [0.05, 0.1) is 6.54 Å². The van der Waals surface area contributed by atoms with E-state index in [0.717, 1.165) is 23.3 Å². The number of benzene rings is 2. The summed E-state index contributed by atoms with van der Waals surface area (Å²) >= 11 is 0. The number of ether oxygens (including phenoxy) is 2. The minimum Gasteiger partial charge on any atom is -0.486 e. The van der Waals surface area contributed by atoms with Crippen LogP contribution in [0.1, 0.15) is 30.0 Å². The second-order valence-corrected chi connectivity index (χ2v) is 7.88. The van der Waals surface area contributed by atoms with Crippen LogP contribution < -0.4 is 9.47 Å². The van der Waals surface area contributed by atoms with Gasteiger partial charge in [-0.15, -0.1) is 0 Å². The lowest BCUT2D eigenvalue weighted by atomic mass is 10.0. The molecule has 8 heteroatoms. The second-order valence-electron chi connectivity index (χ2n) is 7.88. The highest BCUT2D eigenvalue weighted by molar-refractivity contribution is 5.78. The van der Waals surface area contributed by atoms with Gasteiger partial charge in [-0.25, -0.2) is 0 Å². The van der Waals surface area contributed by atoms with Crippen molar-refractivity contribution in [2.45, 2.75) is 31.6 Å². The molecule has 0 bridgehead atoms. The molecule has 2 aliphatic heterocycles. The van der Waals surface area contributed by atoms with Crippen LogP contribution in [0.25, 0.3) is 0 Å². The third kappa shape index (κ3) is 5.50. The van der Waals surface area contributed by atoms with Crippen LogP contribution in [-0.4, -0.2) is 54.7 Å². The van der Waals surface area contributed by atoms with Crippen molar-refractivity contribution in [3.05, 3.63) is 59.7 Å². The van der Waals surface area contributed by atoms with Gasteiger partial charge in [-0.3, -0.25) is 9.69 Å². The summed E-state index contributed by atoms with van der Waals surface area (Å²) in [6.07, 6.45) is -2.74. The van der Waals surface area contributed by atoms with E-state index in [0.29, 0.717) is 36.8 Å². The van der Waals surface area contributed by atoms with Crippen molar-refractivity contribution in [3.8, 4) is 11.5 Å². The van der Waals surface area contributed by atoms with E-state index in [1.54, 1.807) is 30.3 Å². The average molecular weight is 434 g/mol. The van der Waals surface area contributed by atoms with Crippen LogP contribution >= 0.6 is 0 Å². The fraction of sp³-hybridized carbons (Fsp3) is 0.435. The maximum Gasteiger partial charge on any atom is 0.406 e. The predicted octanol–water partition coefficient (Wildman–Crippen LogP) is 4.19. The molecule has 1 amide bonds. The molecule has 0 saturated carbocycles. The van der Waals surface area contributed by atoms with E-state index < -0.39 is 18.6 Å². The monoisotopic (exact) mass is 434 g/mol. The highest BCUT2D eigenvalue weighted by atomic mass is 19.4. The van der Waals surface area contributed by atoms with Crippen LogP contribution in [0, 0.1) is 0 Å². The lowest BCUT2D eigenvalue weighted by Crippen LogP contribution is -2.44. The van der Waals surface area contributed by atoms with Crippen LogP contribution in [0.4, 0.5) is 13.2 Å². The standard InChI is InChI=1S/C23H25F3N2O3/c24-23(25,26)16-28(14-17-5-2-1-3-6-17)22(29)15-27-10-4-7-19(27)18-8-9-20-21(13-18)31-12-11-30-20/h1-3,5-6,8-9,13,19H,4,7,10-12,14-16H2/t19-/m0/s1. The number of halogens is 3. The average Bonchev–Trinajstić information content (AvgIpc) is 3.21. The minimum atomic E-state index is -4.45. The van der Waals surface area contributed by atoms with Gasteiger partial charge in [0, 0.05) is 12.6 Å². The van der Waals surface area contributed by atoms with Gasteiger partial charge < -0.3 is 14.4 Å². The van der Waals surface area contributed by atoms with Gasteiger partial charge in [0.15, 0.2) is 11.5 Å². The maximum atomic E-state index is 13.2. The van der Waals surface area contributed by atoms with Crippen molar-refractivity contribution in [1.82, 2.24) is 9.80 Å². The Balaban J connectivity index is 1.48. The molecule has 4 rings (SSSR count). The summed E-state index contributed by atoms with van der Waals surface area (Å²) in [6, 6.07) is 14.4. The van der Waals surface area contributed by atoms with Crippen LogP contribution in [0.15, 0.2) is 48.5 Å². The number of carbonyl (C=O) groups is 1. The minimum absolute atomic E-state index is 0.0377. The zero-order valence-corrected chi connectivity index (χ0v) is 17.1. The van der Waals surface area contributed by atoms with Gasteiger partial charge in [0.2, 0.25) is 5.91 Å². The molecule has 0 spiro atoms. The van der Waals surface area contributed by atoms with Crippen molar-refractivity contribution in [3.63, 3.8) is 0 Å². The Morgan fingerprint density at radius 3 is 2.55 bits per heavy atom. The third-order valence-corrected chi connectivity index (χ3v) is 5.59. The number of rotatable bonds is 6. The Bertz CT molecular complexity index is 905. The molecule has 0 radical (unpaired) electrons. The number of nitrogens with zero attached hydrogens (tertiary/aromatic N) is 2. The summed E-state index contributed by atoms with van der Waals surface area (Å²) in [5.41, 5.74) is 1.66. The molecular weight excluding hydrogens is 409 g/mol. The highest BCUT2D eigenvalue weighted by Gasteiger charge is 2.35. The Labute approximate surface area is 179 Å². The van der Waals surface area contributed by atoms with Crippen LogP contribution in [-0.2, 0) is 11.3 Å². The van der Waals surface area contributed by atoms with Crippen LogP contribution in [0.3, 0.4) is 0 Å². The summed E-state index contributed by atoms with van der Waals surface area (Å²) in [6.45, 7) is 0.269. The quantitative estimate of drug-likeness (QED) is 0.684. The summed E-state index contributed by atoms with van der Waals surface area (Å²) < 4.78 is 50.7. The van der Waals surface area contributed by atoms with Crippen LogP contribution in [0.2, 0.25) is 0 Å². The molecule has 5 nitrogen and oxygen atoms in total. The molecule has 1 fully saturated rings. The molecule has 2 aliphatic rings. The van der Waals surface area contributed by atoms with E-state index >= 15 is 0 Å². The van der Waals surface area contributed by atoms with Crippen LogP contribution in [0.5, 0.6) is 11.5 Å². The SMILES string of the molecule is O=C(CN1CCC[C@H]1c1ccc2c(c1)OCCO2)N(Cc1ccccc1)CC(F)(F)F. The number of hydrogen-bond donors (Lipinski definition) is 0. The Hall–Kier alpha value is -2.74. The van der Waals surface area contributed by atoms with E-state index in [9.17, 15) is 18.0 Å². The third-order valence-electron chi connectivity index (χ3n) is 5.59.